The molecule has 148 valence electrons. The Balaban J connectivity index is 1.66. The van der Waals surface area contributed by atoms with Crippen LogP contribution in [-0.4, -0.2) is 37.3 Å². The van der Waals surface area contributed by atoms with E-state index in [9.17, 15) is 17.6 Å². The first-order valence-corrected chi connectivity index (χ1v) is 11.1. The second-order valence-corrected chi connectivity index (χ2v) is 9.63. The standard InChI is InChI=1S/C21H23FN2O3S/c22-19-10-5-4-9-17(19)14-28(26,27)24-13-18(16-7-2-1-3-8-16)21(15-24)12-6-11-20(25)23-21/h1-5,7-10,18H,6,11-15H2,(H,23,25)/t18-,21+/m0/s1. The molecule has 2 aliphatic rings. The van der Waals surface area contributed by atoms with Gasteiger partial charge >= 0.3 is 0 Å². The number of carbonyl (C=O) groups is 1. The molecule has 0 bridgehead atoms. The largest absolute Gasteiger partial charge is 0.349 e. The molecule has 0 aromatic heterocycles. The first-order valence-electron chi connectivity index (χ1n) is 9.47. The SMILES string of the molecule is O=C1CCC[C@]2(CN(S(=O)(=O)Cc3ccccc3F)C[C@H]2c2ccccc2)N1. The van der Waals surface area contributed by atoms with Gasteiger partial charge in [0.2, 0.25) is 15.9 Å². The van der Waals surface area contributed by atoms with Gasteiger partial charge in [-0.1, -0.05) is 48.5 Å². The predicted octanol–water partition coefficient (Wildman–Crippen LogP) is 2.79. The van der Waals surface area contributed by atoms with Crippen LogP contribution in [0.5, 0.6) is 0 Å². The third-order valence-corrected chi connectivity index (χ3v) is 7.56. The summed E-state index contributed by atoms with van der Waals surface area (Å²) in [7, 11) is -3.73. The molecule has 28 heavy (non-hydrogen) atoms. The maximum atomic E-state index is 14.0. The van der Waals surface area contributed by atoms with Crippen molar-refractivity contribution < 1.29 is 17.6 Å². The van der Waals surface area contributed by atoms with Gasteiger partial charge in [0.25, 0.3) is 0 Å². The van der Waals surface area contributed by atoms with E-state index in [0.717, 1.165) is 18.4 Å². The Labute approximate surface area is 164 Å². The quantitative estimate of drug-likeness (QED) is 0.855. The normalized spacial score (nSPS) is 25.8. The molecule has 2 heterocycles. The highest BCUT2D eigenvalue weighted by Gasteiger charge is 2.52. The van der Waals surface area contributed by atoms with E-state index in [1.165, 1.54) is 16.4 Å². The van der Waals surface area contributed by atoms with E-state index in [1.54, 1.807) is 12.1 Å². The Morgan fingerprint density at radius 2 is 1.82 bits per heavy atom. The summed E-state index contributed by atoms with van der Waals surface area (Å²) in [4.78, 5) is 12.2. The average molecular weight is 402 g/mol. The molecular formula is C21H23FN2O3S. The fraction of sp³-hybridized carbons (Fsp3) is 0.381. The zero-order valence-electron chi connectivity index (χ0n) is 15.5. The zero-order chi connectivity index (χ0) is 19.8. The van der Waals surface area contributed by atoms with Crippen LogP contribution in [0.2, 0.25) is 0 Å². The average Bonchev–Trinajstić information content (AvgIpc) is 3.03. The van der Waals surface area contributed by atoms with Crippen molar-refractivity contribution in [1.29, 1.82) is 0 Å². The number of nitrogens with one attached hydrogen (secondary N) is 1. The molecule has 0 aliphatic carbocycles. The number of hydrogen-bond acceptors (Lipinski definition) is 3. The van der Waals surface area contributed by atoms with Gasteiger partial charge in [-0.05, 0) is 24.5 Å². The number of benzene rings is 2. The molecule has 1 spiro atoms. The van der Waals surface area contributed by atoms with Crippen LogP contribution in [-0.2, 0) is 20.6 Å². The summed E-state index contributed by atoms with van der Waals surface area (Å²) in [5, 5.41) is 3.10. The lowest BCUT2D eigenvalue weighted by Crippen LogP contribution is -2.56. The second kappa shape index (κ2) is 7.29. The van der Waals surface area contributed by atoms with E-state index in [0.29, 0.717) is 6.42 Å². The van der Waals surface area contributed by atoms with Gasteiger partial charge in [-0.15, -0.1) is 0 Å². The Bertz CT molecular complexity index is 980. The van der Waals surface area contributed by atoms with Crippen molar-refractivity contribution >= 4 is 15.9 Å². The van der Waals surface area contributed by atoms with Crippen molar-refractivity contribution in [3.63, 3.8) is 0 Å². The molecule has 7 heteroatoms. The molecule has 5 nitrogen and oxygen atoms in total. The van der Waals surface area contributed by atoms with Crippen molar-refractivity contribution in [1.82, 2.24) is 9.62 Å². The molecule has 2 fully saturated rings. The first kappa shape index (κ1) is 19.1. The number of sulfonamides is 1. The van der Waals surface area contributed by atoms with Gasteiger partial charge in [0.05, 0.1) is 11.3 Å². The molecule has 4 rings (SSSR count). The van der Waals surface area contributed by atoms with E-state index < -0.39 is 21.4 Å². The first-order chi connectivity index (χ1) is 13.4. The monoisotopic (exact) mass is 402 g/mol. The fourth-order valence-corrected chi connectivity index (χ4v) is 6.05. The van der Waals surface area contributed by atoms with Crippen LogP contribution in [0.1, 0.15) is 36.3 Å². The summed E-state index contributed by atoms with van der Waals surface area (Å²) in [6, 6.07) is 15.6. The fourth-order valence-electron chi connectivity index (χ4n) is 4.44. The number of nitrogens with zero attached hydrogens (tertiary/aromatic N) is 1. The van der Waals surface area contributed by atoms with Crippen LogP contribution in [0.15, 0.2) is 54.6 Å². The lowest BCUT2D eigenvalue weighted by molar-refractivity contribution is -0.125. The van der Waals surface area contributed by atoms with Crippen molar-refractivity contribution in [2.45, 2.75) is 36.5 Å². The Morgan fingerprint density at radius 1 is 1.11 bits per heavy atom. The molecule has 2 saturated heterocycles. The van der Waals surface area contributed by atoms with Crippen molar-refractivity contribution in [2.24, 2.45) is 0 Å². The lowest BCUT2D eigenvalue weighted by Gasteiger charge is -2.39. The zero-order valence-corrected chi connectivity index (χ0v) is 16.3. The molecule has 2 aliphatic heterocycles. The number of halogens is 1. The topological polar surface area (TPSA) is 66.5 Å². The van der Waals surface area contributed by atoms with Gasteiger partial charge in [0.15, 0.2) is 0 Å². The highest BCUT2D eigenvalue weighted by Crippen LogP contribution is 2.42. The Kier molecular flexibility index (Phi) is 4.97. The Morgan fingerprint density at radius 3 is 2.54 bits per heavy atom. The third kappa shape index (κ3) is 3.56. The van der Waals surface area contributed by atoms with Gasteiger partial charge < -0.3 is 5.32 Å². The third-order valence-electron chi connectivity index (χ3n) is 5.82. The van der Waals surface area contributed by atoms with Gasteiger partial charge in [0, 0.05) is 31.0 Å². The van der Waals surface area contributed by atoms with E-state index in [4.69, 9.17) is 0 Å². The van der Waals surface area contributed by atoms with E-state index in [-0.39, 0.29) is 36.2 Å². The highest BCUT2D eigenvalue weighted by atomic mass is 32.2. The summed E-state index contributed by atoms with van der Waals surface area (Å²) in [5.74, 6) is -1.08. The van der Waals surface area contributed by atoms with Crippen LogP contribution in [0.4, 0.5) is 4.39 Å². The minimum Gasteiger partial charge on any atom is -0.349 e. The van der Waals surface area contributed by atoms with Crippen LogP contribution < -0.4 is 5.32 Å². The van der Waals surface area contributed by atoms with Crippen LogP contribution in [0.25, 0.3) is 0 Å². The van der Waals surface area contributed by atoms with Gasteiger partial charge in [-0.2, -0.15) is 4.31 Å². The minimum absolute atomic E-state index is 0.0412. The Hall–Kier alpha value is -2.25. The van der Waals surface area contributed by atoms with Gasteiger partial charge in [0.1, 0.15) is 5.82 Å². The molecule has 0 radical (unpaired) electrons. The molecule has 2 aromatic rings. The maximum absolute atomic E-state index is 14.0. The van der Waals surface area contributed by atoms with Crippen molar-refractivity contribution in [3.05, 3.63) is 71.5 Å². The smallest absolute Gasteiger partial charge is 0.220 e. The van der Waals surface area contributed by atoms with E-state index in [1.807, 2.05) is 30.3 Å². The molecule has 2 aromatic carbocycles. The molecule has 1 amide bonds. The van der Waals surface area contributed by atoms with Gasteiger partial charge in [-0.3, -0.25) is 4.79 Å². The lowest BCUT2D eigenvalue weighted by atomic mass is 9.76. The predicted molar refractivity (Wildman–Crippen MR) is 105 cm³/mol. The number of carbonyl (C=O) groups excluding carboxylic acids is 1. The molecule has 1 N–H and O–H groups in total. The number of hydrogen-bond donors (Lipinski definition) is 1. The maximum Gasteiger partial charge on any atom is 0.220 e. The summed E-state index contributed by atoms with van der Waals surface area (Å²) >= 11 is 0. The molecule has 2 atom stereocenters. The van der Waals surface area contributed by atoms with Crippen molar-refractivity contribution in [3.8, 4) is 0 Å². The highest BCUT2D eigenvalue weighted by molar-refractivity contribution is 7.88. The minimum atomic E-state index is -3.73. The summed E-state index contributed by atoms with van der Waals surface area (Å²) < 4.78 is 41.6. The molecular weight excluding hydrogens is 379 g/mol. The molecule has 0 unspecified atom stereocenters. The van der Waals surface area contributed by atoms with Crippen LogP contribution in [0, 0.1) is 5.82 Å². The number of amides is 1. The molecule has 0 saturated carbocycles. The van der Waals surface area contributed by atoms with Crippen LogP contribution in [0.3, 0.4) is 0 Å². The van der Waals surface area contributed by atoms with Crippen LogP contribution >= 0.6 is 0 Å². The van der Waals surface area contributed by atoms with E-state index in [2.05, 4.69) is 5.32 Å². The summed E-state index contributed by atoms with van der Waals surface area (Å²) in [6.07, 6.45) is 1.92. The second-order valence-electron chi connectivity index (χ2n) is 7.66. The summed E-state index contributed by atoms with van der Waals surface area (Å²) in [5.41, 5.74) is 0.555. The van der Waals surface area contributed by atoms with Crippen molar-refractivity contribution in [2.75, 3.05) is 13.1 Å². The number of piperidine rings is 1. The van der Waals surface area contributed by atoms with Gasteiger partial charge in [-0.25, -0.2) is 12.8 Å². The summed E-state index contributed by atoms with van der Waals surface area (Å²) in [6.45, 7) is 0.496. The number of rotatable bonds is 4. The van der Waals surface area contributed by atoms with E-state index >= 15 is 0 Å².